The maximum atomic E-state index is 9.34. The number of benzene rings is 1. The first-order valence-corrected chi connectivity index (χ1v) is 4.78. The molecule has 0 saturated heterocycles. The van der Waals surface area contributed by atoms with Gasteiger partial charge < -0.3 is 15.9 Å². The highest BCUT2D eigenvalue weighted by atomic mass is 16.3. The van der Waals surface area contributed by atoms with Crippen molar-refractivity contribution >= 4 is 0 Å². The van der Waals surface area contributed by atoms with Crippen molar-refractivity contribution < 1.29 is 10.2 Å². The van der Waals surface area contributed by atoms with E-state index in [4.69, 9.17) is 10.8 Å². The fourth-order valence-electron chi connectivity index (χ4n) is 1.29. The molecule has 1 rings (SSSR count). The van der Waals surface area contributed by atoms with E-state index in [1.54, 1.807) is 0 Å². The Morgan fingerprint density at radius 2 is 1.71 bits per heavy atom. The van der Waals surface area contributed by atoms with Gasteiger partial charge in [-0.05, 0) is 23.6 Å². The number of nitrogens with two attached hydrogens (primary N) is 1. The third kappa shape index (κ3) is 2.54. The molecule has 0 aromatic heterocycles. The number of rotatable bonds is 4. The fourth-order valence-corrected chi connectivity index (χ4v) is 1.29. The molecule has 0 spiro atoms. The third-order valence-electron chi connectivity index (χ3n) is 2.42. The van der Waals surface area contributed by atoms with Crippen LogP contribution < -0.4 is 5.73 Å². The summed E-state index contributed by atoms with van der Waals surface area (Å²) in [7, 11) is 0. The van der Waals surface area contributed by atoms with Crippen LogP contribution in [0.15, 0.2) is 24.3 Å². The van der Waals surface area contributed by atoms with Gasteiger partial charge in [0.05, 0.1) is 6.61 Å². The monoisotopic (exact) mass is 195 g/mol. The zero-order valence-electron chi connectivity index (χ0n) is 8.35. The van der Waals surface area contributed by atoms with Crippen LogP contribution in [0.2, 0.25) is 0 Å². The summed E-state index contributed by atoms with van der Waals surface area (Å²) in [5.41, 5.74) is 7.43. The predicted octanol–water partition coefficient (Wildman–Crippen LogP) is 0.775. The van der Waals surface area contributed by atoms with E-state index < -0.39 is 6.10 Å². The summed E-state index contributed by atoms with van der Waals surface area (Å²) in [6.45, 7) is 2.42. The average molecular weight is 195 g/mol. The molecule has 3 heteroatoms. The number of hydrogen-bond acceptors (Lipinski definition) is 3. The summed E-state index contributed by atoms with van der Waals surface area (Å²) in [6.07, 6.45) is -0.780. The van der Waals surface area contributed by atoms with Gasteiger partial charge in [-0.25, -0.2) is 0 Å². The Morgan fingerprint density at radius 3 is 2.14 bits per heavy atom. The van der Waals surface area contributed by atoms with E-state index in [0.29, 0.717) is 12.5 Å². The summed E-state index contributed by atoms with van der Waals surface area (Å²) in [5, 5.41) is 18.1. The first-order chi connectivity index (χ1) is 6.69. The molecule has 78 valence electrons. The predicted molar refractivity (Wildman–Crippen MR) is 56.0 cm³/mol. The lowest BCUT2D eigenvalue weighted by molar-refractivity contribution is 0.0956. The molecule has 14 heavy (non-hydrogen) atoms. The van der Waals surface area contributed by atoms with Gasteiger partial charge in [-0.3, -0.25) is 0 Å². The van der Waals surface area contributed by atoms with Crippen molar-refractivity contribution in [2.45, 2.75) is 18.9 Å². The maximum Gasteiger partial charge on any atom is 0.102 e. The fraction of sp³-hybridized carbons (Fsp3) is 0.455. The molecule has 4 N–H and O–H groups in total. The summed E-state index contributed by atoms with van der Waals surface area (Å²) in [4.78, 5) is 0. The molecule has 1 aromatic rings. The largest absolute Gasteiger partial charge is 0.393 e. The smallest absolute Gasteiger partial charge is 0.102 e. The molecular weight excluding hydrogens is 178 g/mol. The molecule has 0 fully saturated rings. The molecule has 3 nitrogen and oxygen atoms in total. The van der Waals surface area contributed by atoms with Crippen LogP contribution in [0.5, 0.6) is 0 Å². The zero-order chi connectivity index (χ0) is 10.6. The molecule has 0 saturated carbocycles. The Bertz CT molecular complexity index is 242. The Morgan fingerprint density at radius 1 is 1.21 bits per heavy atom. The van der Waals surface area contributed by atoms with Gasteiger partial charge in [-0.1, -0.05) is 31.2 Å². The topological polar surface area (TPSA) is 66.5 Å². The molecule has 0 aliphatic heterocycles. The van der Waals surface area contributed by atoms with Crippen LogP contribution in [0.4, 0.5) is 0 Å². The highest BCUT2D eigenvalue weighted by Gasteiger charge is 2.07. The average Bonchev–Trinajstić information content (AvgIpc) is 2.27. The second-order valence-corrected chi connectivity index (χ2v) is 3.50. The van der Waals surface area contributed by atoms with Crippen molar-refractivity contribution in [1.29, 1.82) is 0 Å². The van der Waals surface area contributed by atoms with E-state index in [9.17, 15) is 5.11 Å². The highest BCUT2D eigenvalue weighted by molar-refractivity contribution is 5.26. The van der Waals surface area contributed by atoms with Crippen LogP contribution in [-0.4, -0.2) is 23.4 Å². The molecule has 0 bridgehead atoms. The van der Waals surface area contributed by atoms with E-state index in [0.717, 1.165) is 11.1 Å². The van der Waals surface area contributed by atoms with Crippen LogP contribution >= 0.6 is 0 Å². The van der Waals surface area contributed by atoms with Crippen LogP contribution in [-0.2, 0) is 0 Å². The highest BCUT2D eigenvalue weighted by Crippen LogP contribution is 2.18. The van der Waals surface area contributed by atoms with E-state index >= 15 is 0 Å². The van der Waals surface area contributed by atoms with Crippen molar-refractivity contribution in [3.63, 3.8) is 0 Å². The van der Waals surface area contributed by atoms with Gasteiger partial charge in [0.25, 0.3) is 0 Å². The van der Waals surface area contributed by atoms with Gasteiger partial charge in [-0.2, -0.15) is 0 Å². The molecule has 2 atom stereocenters. The zero-order valence-corrected chi connectivity index (χ0v) is 8.35. The quantitative estimate of drug-likeness (QED) is 0.665. The maximum absolute atomic E-state index is 9.34. The van der Waals surface area contributed by atoms with E-state index in [-0.39, 0.29) is 6.61 Å². The van der Waals surface area contributed by atoms with E-state index in [2.05, 4.69) is 6.92 Å². The standard InChI is InChI=1S/C11H17NO2/c1-8(6-12)9-2-4-10(5-3-9)11(14)7-13/h2-5,8,11,13-14H,6-7,12H2,1H3. The summed E-state index contributed by atoms with van der Waals surface area (Å²) in [5.74, 6) is 0.329. The van der Waals surface area contributed by atoms with Gasteiger partial charge >= 0.3 is 0 Å². The van der Waals surface area contributed by atoms with Crippen molar-refractivity contribution in [1.82, 2.24) is 0 Å². The summed E-state index contributed by atoms with van der Waals surface area (Å²) in [6, 6.07) is 7.52. The minimum atomic E-state index is -0.780. The molecule has 0 radical (unpaired) electrons. The van der Waals surface area contributed by atoms with Crippen LogP contribution in [0.25, 0.3) is 0 Å². The Kier molecular flexibility index (Phi) is 4.07. The van der Waals surface area contributed by atoms with Crippen LogP contribution in [0.3, 0.4) is 0 Å². The molecular formula is C11H17NO2. The van der Waals surface area contributed by atoms with Crippen molar-refractivity contribution in [3.8, 4) is 0 Å². The second-order valence-electron chi connectivity index (χ2n) is 3.50. The third-order valence-corrected chi connectivity index (χ3v) is 2.42. The first-order valence-electron chi connectivity index (χ1n) is 4.78. The second kappa shape index (κ2) is 5.10. The molecule has 0 amide bonds. The first kappa shape index (κ1) is 11.2. The molecule has 0 aliphatic carbocycles. The van der Waals surface area contributed by atoms with Crippen molar-refractivity contribution in [3.05, 3.63) is 35.4 Å². The minimum Gasteiger partial charge on any atom is -0.393 e. The Hall–Kier alpha value is -0.900. The van der Waals surface area contributed by atoms with Gasteiger partial charge in [0.1, 0.15) is 6.10 Å². The van der Waals surface area contributed by atoms with Crippen molar-refractivity contribution in [2.75, 3.05) is 13.2 Å². The molecule has 0 aliphatic rings. The normalized spacial score (nSPS) is 15.1. The lowest BCUT2D eigenvalue weighted by atomic mass is 9.99. The number of aliphatic hydroxyl groups is 2. The molecule has 0 heterocycles. The van der Waals surface area contributed by atoms with Gasteiger partial charge in [-0.15, -0.1) is 0 Å². The van der Waals surface area contributed by atoms with Crippen LogP contribution in [0, 0.1) is 0 Å². The van der Waals surface area contributed by atoms with Gasteiger partial charge in [0.2, 0.25) is 0 Å². The van der Waals surface area contributed by atoms with Crippen molar-refractivity contribution in [2.24, 2.45) is 5.73 Å². The Labute approximate surface area is 84.2 Å². The Balaban J connectivity index is 2.78. The van der Waals surface area contributed by atoms with Crippen LogP contribution in [0.1, 0.15) is 30.1 Å². The van der Waals surface area contributed by atoms with E-state index in [1.807, 2.05) is 24.3 Å². The summed E-state index contributed by atoms with van der Waals surface area (Å²) < 4.78 is 0. The number of hydrogen-bond donors (Lipinski definition) is 3. The number of aliphatic hydroxyl groups excluding tert-OH is 2. The van der Waals surface area contributed by atoms with Gasteiger partial charge in [0, 0.05) is 0 Å². The molecule has 1 aromatic carbocycles. The SMILES string of the molecule is CC(CN)c1ccc(C(O)CO)cc1. The lowest BCUT2D eigenvalue weighted by Gasteiger charge is -2.11. The van der Waals surface area contributed by atoms with Gasteiger partial charge in [0.15, 0.2) is 0 Å². The molecule has 2 unspecified atom stereocenters. The van der Waals surface area contributed by atoms with E-state index in [1.165, 1.54) is 0 Å². The summed E-state index contributed by atoms with van der Waals surface area (Å²) >= 11 is 0. The lowest BCUT2D eigenvalue weighted by Crippen LogP contribution is -2.09. The minimum absolute atomic E-state index is 0.244.